The Morgan fingerprint density at radius 1 is 1.00 bits per heavy atom. The molecule has 1 amide bonds. The normalized spacial score (nSPS) is 16.1. The third-order valence-electron chi connectivity index (χ3n) is 8.96. The number of alkyl halides is 3. The average Bonchev–Trinajstić information content (AvgIpc) is 3.12. The van der Waals surface area contributed by atoms with E-state index in [1.807, 2.05) is 17.0 Å². The number of anilines is 4. The maximum absolute atomic E-state index is 13.6. The molecule has 2 saturated heterocycles. The predicted molar refractivity (Wildman–Crippen MR) is 205 cm³/mol. The Balaban J connectivity index is 0.000000730. The number of carboxylic acids is 1. The van der Waals surface area contributed by atoms with Crippen molar-refractivity contribution in [3.8, 4) is 5.75 Å². The second kappa shape index (κ2) is 17.1. The van der Waals surface area contributed by atoms with Crippen LogP contribution >= 0.6 is 34.7 Å². The summed E-state index contributed by atoms with van der Waals surface area (Å²) < 4.78 is 51.4. The highest BCUT2D eigenvalue weighted by Crippen LogP contribution is 2.41. The van der Waals surface area contributed by atoms with Crippen LogP contribution in [0, 0.1) is 0 Å². The number of nitrogens with one attached hydrogen (secondary N) is 2. The number of carbonyl (C=O) groups is 2. The number of hydrogen-bond acceptors (Lipinski definition) is 12. The van der Waals surface area contributed by atoms with Crippen molar-refractivity contribution < 1.29 is 37.2 Å². The van der Waals surface area contributed by atoms with Gasteiger partial charge in [0.2, 0.25) is 5.95 Å². The minimum absolute atomic E-state index is 0.108. The molecule has 0 atom stereocenters. The van der Waals surface area contributed by atoms with Gasteiger partial charge in [-0.25, -0.2) is 9.78 Å². The number of carbonyl (C=O) groups excluding carboxylic acids is 1. The zero-order valence-electron chi connectivity index (χ0n) is 29.8. The van der Waals surface area contributed by atoms with Crippen molar-refractivity contribution in [3.63, 3.8) is 0 Å². The fraction of sp³-hybridized carbons (Fsp3) is 0.412. The number of hydrogen-bond donors (Lipinski definition) is 3. The van der Waals surface area contributed by atoms with Gasteiger partial charge in [0.25, 0.3) is 5.91 Å². The van der Waals surface area contributed by atoms with E-state index in [1.165, 1.54) is 7.11 Å². The standard InChI is InChI=1S/C32H38BrClN9O3P.C2HF3O2/c1-41-13-15-42(16-14-41)20-7-11-43(12-8-20)31(44)21-17-27(46-2)26(18-23(21)34)39-32-37-19-22(33)30(40-32)38-25-6-5-24-28(36-10-9-35-24)29(25)47(3,4)45;3-2(4,5)1(6)7/h5-6,9-10,17-20H,7-8,11-16H2,1-4H3,(H2,37,38,39,40);(H,6,7). The summed E-state index contributed by atoms with van der Waals surface area (Å²) in [5.74, 6) is -1.74. The van der Waals surface area contributed by atoms with Crippen molar-refractivity contribution in [1.29, 1.82) is 0 Å². The first-order valence-corrected chi connectivity index (χ1v) is 20.5. The summed E-state index contributed by atoms with van der Waals surface area (Å²) >= 11 is 10.2. The molecule has 2 aromatic heterocycles. The summed E-state index contributed by atoms with van der Waals surface area (Å²) in [4.78, 5) is 47.2. The van der Waals surface area contributed by atoms with Gasteiger partial charge in [-0.2, -0.15) is 18.2 Å². The molecular weight excluding hydrogens is 818 g/mol. The lowest BCUT2D eigenvalue weighted by Gasteiger charge is -2.42. The summed E-state index contributed by atoms with van der Waals surface area (Å²) in [5.41, 5.74) is 2.73. The second-order valence-electron chi connectivity index (χ2n) is 13.1. The zero-order chi connectivity index (χ0) is 39.4. The number of halogens is 5. The number of nitrogens with zero attached hydrogens (tertiary/aromatic N) is 7. The van der Waals surface area contributed by atoms with Crippen LogP contribution in [0.2, 0.25) is 5.02 Å². The molecule has 2 fully saturated rings. The fourth-order valence-corrected chi connectivity index (χ4v) is 8.13. The number of amides is 1. The zero-order valence-corrected chi connectivity index (χ0v) is 33.1. The minimum Gasteiger partial charge on any atom is -0.495 e. The molecule has 0 spiro atoms. The molecule has 14 nitrogen and oxygen atoms in total. The molecule has 6 rings (SSSR count). The number of benzene rings is 2. The van der Waals surface area contributed by atoms with E-state index in [0.29, 0.717) is 73.5 Å². The highest BCUT2D eigenvalue weighted by Gasteiger charge is 2.38. The Morgan fingerprint density at radius 3 is 2.26 bits per heavy atom. The van der Waals surface area contributed by atoms with Crippen LogP contribution < -0.4 is 20.7 Å². The number of aliphatic carboxylic acids is 1. The molecule has 2 aromatic carbocycles. The minimum atomic E-state index is -5.08. The lowest BCUT2D eigenvalue weighted by Crippen LogP contribution is -2.53. The van der Waals surface area contributed by atoms with E-state index < -0.39 is 19.3 Å². The Labute approximate surface area is 323 Å². The van der Waals surface area contributed by atoms with Crippen LogP contribution in [0.25, 0.3) is 11.0 Å². The summed E-state index contributed by atoms with van der Waals surface area (Å²) in [6, 6.07) is 7.47. The molecule has 2 aliphatic heterocycles. The quantitative estimate of drug-likeness (QED) is 0.175. The summed E-state index contributed by atoms with van der Waals surface area (Å²) in [6.45, 7) is 9.09. The first-order valence-electron chi connectivity index (χ1n) is 16.7. The molecule has 4 heterocycles. The Morgan fingerprint density at radius 2 is 1.65 bits per heavy atom. The van der Waals surface area contributed by atoms with Gasteiger partial charge in [-0.1, -0.05) is 11.6 Å². The molecule has 3 N–H and O–H groups in total. The maximum Gasteiger partial charge on any atom is 0.490 e. The van der Waals surface area contributed by atoms with Gasteiger partial charge in [-0.3, -0.25) is 19.7 Å². The Kier molecular flexibility index (Phi) is 13.0. The monoisotopic (exact) mass is 855 g/mol. The molecule has 2 aliphatic rings. The van der Waals surface area contributed by atoms with Gasteiger partial charge >= 0.3 is 12.1 Å². The topological polar surface area (TPSA) is 166 Å². The SMILES string of the molecule is COc1cc(C(=O)N2CCC(N3CCN(C)CC3)CC2)c(Cl)cc1Nc1ncc(Br)c(Nc2ccc3nccnc3c2P(C)(C)=O)n1.O=C(O)C(F)(F)F. The van der Waals surface area contributed by atoms with E-state index in [1.54, 1.807) is 44.1 Å². The van der Waals surface area contributed by atoms with Crippen molar-refractivity contribution in [2.24, 2.45) is 0 Å². The van der Waals surface area contributed by atoms with Gasteiger partial charge in [0, 0.05) is 63.9 Å². The first-order chi connectivity index (χ1) is 25.5. The van der Waals surface area contributed by atoms with Gasteiger partial charge in [0.05, 0.1) is 44.4 Å². The Bertz CT molecular complexity index is 2060. The molecule has 20 heteroatoms. The van der Waals surface area contributed by atoms with Crippen molar-refractivity contribution in [2.45, 2.75) is 25.1 Å². The number of likely N-dealkylation sites (tertiary alicyclic amines) is 1. The maximum atomic E-state index is 13.6. The largest absolute Gasteiger partial charge is 0.495 e. The van der Waals surface area contributed by atoms with Crippen molar-refractivity contribution >= 4 is 86.0 Å². The summed E-state index contributed by atoms with van der Waals surface area (Å²) in [5, 5.41) is 14.5. The number of likely N-dealkylation sites (N-methyl/N-ethyl adjacent to an activating group) is 1. The van der Waals surface area contributed by atoms with E-state index in [0.717, 1.165) is 39.0 Å². The predicted octanol–water partition coefficient (Wildman–Crippen LogP) is 6.06. The van der Waals surface area contributed by atoms with Crippen LogP contribution in [0.4, 0.5) is 36.3 Å². The van der Waals surface area contributed by atoms with E-state index in [9.17, 15) is 22.5 Å². The van der Waals surface area contributed by atoms with Gasteiger partial charge < -0.3 is 34.8 Å². The summed E-state index contributed by atoms with van der Waals surface area (Å²) in [7, 11) is 0.924. The third kappa shape index (κ3) is 9.96. The molecule has 290 valence electrons. The molecular formula is C34H39BrClF3N9O5P. The number of piperidine rings is 1. The number of aromatic nitrogens is 4. The number of fused-ring (bicyclic) bond motifs is 1. The number of carboxylic acid groups (broad SMARTS) is 1. The highest BCUT2D eigenvalue weighted by molar-refractivity contribution is 9.10. The Hall–Kier alpha value is -4.09. The molecule has 0 saturated carbocycles. The highest BCUT2D eigenvalue weighted by atomic mass is 79.9. The number of piperazine rings is 1. The van der Waals surface area contributed by atoms with E-state index in [4.69, 9.17) is 26.2 Å². The van der Waals surface area contributed by atoms with Gasteiger partial charge in [0.1, 0.15) is 24.2 Å². The molecule has 0 aliphatic carbocycles. The van der Waals surface area contributed by atoms with E-state index in [-0.39, 0.29) is 11.9 Å². The van der Waals surface area contributed by atoms with E-state index >= 15 is 0 Å². The van der Waals surface area contributed by atoms with Crippen LogP contribution in [0.15, 0.2) is 47.3 Å². The van der Waals surface area contributed by atoms with Gasteiger partial charge in [0.15, 0.2) is 0 Å². The third-order valence-corrected chi connectivity index (χ3v) is 11.4. The summed E-state index contributed by atoms with van der Waals surface area (Å²) in [6.07, 6.45) is 1.61. The first kappa shape index (κ1) is 41.1. The molecule has 0 radical (unpaired) electrons. The molecule has 0 unspecified atom stereocenters. The lowest BCUT2D eigenvalue weighted by molar-refractivity contribution is -0.192. The smallest absolute Gasteiger partial charge is 0.490 e. The fourth-order valence-electron chi connectivity index (χ4n) is 6.21. The number of methoxy groups -OCH3 is 1. The molecule has 0 bridgehead atoms. The van der Waals surface area contributed by atoms with Crippen LogP contribution in [0.3, 0.4) is 0 Å². The lowest BCUT2D eigenvalue weighted by atomic mass is 10.0. The van der Waals surface area contributed by atoms with Crippen LogP contribution in [-0.2, 0) is 9.36 Å². The average molecular weight is 857 g/mol. The van der Waals surface area contributed by atoms with Gasteiger partial charge in [-0.15, -0.1) is 0 Å². The van der Waals surface area contributed by atoms with Crippen molar-refractivity contribution in [3.05, 3.63) is 57.9 Å². The number of rotatable bonds is 8. The molecule has 4 aromatic rings. The van der Waals surface area contributed by atoms with Crippen LogP contribution in [0.5, 0.6) is 5.75 Å². The van der Waals surface area contributed by atoms with Gasteiger partial charge in [-0.05, 0) is 73.4 Å². The van der Waals surface area contributed by atoms with Crippen molar-refractivity contribution in [1.82, 2.24) is 34.6 Å². The molecule has 54 heavy (non-hydrogen) atoms. The van der Waals surface area contributed by atoms with Crippen LogP contribution in [0.1, 0.15) is 23.2 Å². The second-order valence-corrected chi connectivity index (χ2v) is 17.5. The van der Waals surface area contributed by atoms with Crippen molar-refractivity contribution in [2.75, 3.05) is 77.4 Å². The number of ether oxygens (including phenoxy) is 1. The van der Waals surface area contributed by atoms with E-state index in [2.05, 4.69) is 63.3 Å². The van der Waals surface area contributed by atoms with Crippen LogP contribution in [-0.4, -0.2) is 131 Å².